The number of unbranched alkanes of at least 4 members (excludes halogenated alkanes) is 6. The van der Waals surface area contributed by atoms with Gasteiger partial charge < -0.3 is 14.2 Å². The fraction of sp³-hybridized carbons (Fsp3) is 0.793. The van der Waals surface area contributed by atoms with Gasteiger partial charge in [-0.2, -0.15) is 0 Å². The summed E-state index contributed by atoms with van der Waals surface area (Å²) in [6.07, 6.45) is 10.7. The van der Waals surface area contributed by atoms with Crippen LogP contribution in [-0.2, 0) is 20.6 Å². The molecule has 0 aliphatic heterocycles. The summed E-state index contributed by atoms with van der Waals surface area (Å²) in [6.45, 7) is 14.1. The van der Waals surface area contributed by atoms with Gasteiger partial charge in [0.15, 0.2) is 17.5 Å². The molecular formula is C29H49F3O3. The lowest BCUT2D eigenvalue weighted by atomic mass is 9.91. The molecule has 0 saturated carbocycles. The van der Waals surface area contributed by atoms with Crippen molar-refractivity contribution in [3.63, 3.8) is 0 Å². The first-order valence-corrected chi connectivity index (χ1v) is 13.7. The van der Waals surface area contributed by atoms with Crippen LogP contribution >= 0.6 is 0 Å². The normalized spacial score (nSPS) is 13.4. The van der Waals surface area contributed by atoms with Gasteiger partial charge in [-0.1, -0.05) is 51.9 Å². The zero-order chi connectivity index (χ0) is 26.4. The van der Waals surface area contributed by atoms with Gasteiger partial charge in [0.2, 0.25) is 0 Å². The summed E-state index contributed by atoms with van der Waals surface area (Å²) in [5, 5.41) is 0. The van der Waals surface area contributed by atoms with Gasteiger partial charge in [0.05, 0.1) is 18.3 Å². The van der Waals surface area contributed by atoms with Gasteiger partial charge in [-0.05, 0) is 84.9 Å². The number of hydrogen-bond donors (Lipinski definition) is 0. The highest BCUT2D eigenvalue weighted by molar-refractivity contribution is 5.19. The van der Waals surface area contributed by atoms with Gasteiger partial charge in [0.1, 0.15) is 0 Å². The van der Waals surface area contributed by atoms with Crippen LogP contribution in [0.5, 0.6) is 0 Å². The van der Waals surface area contributed by atoms with Crippen LogP contribution in [0.2, 0.25) is 0 Å². The van der Waals surface area contributed by atoms with E-state index >= 15 is 0 Å². The highest BCUT2D eigenvalue weighted by atomic mass is 19.2. The monoisotopic (exact) mass is 502 g/mol. The van der Waals surface area contributed by atoms with Crippen LogP contribution in [0.3, 0.4) is 0 Å². The first kappa shape index (κ1) is 31.9. The molecule has 1 unspecified atom stereocenters. The van der Waals surface area contributed by atoms with E-state index in [1.54, 1.807) is 0 Å². The largest absolute Gasteiger partial charge is 0.324 e. The van der Waals surface area contributed by atoms with Gasteiger partial charge in [-0.3, -0.25) is 0 Å². The average Bonchev–Trinajstić information content (AvgIpc) is 2.74. The van der Waals surface area contributed by atoms with Crippen molar-refractivity contribution >= 4 is 0 Å². The van der Waals surface area contributed by atoms with Crippen LogP contribution in [0, 0.1) is 23.4 Å². The summed E-state index contributed by atoms with van der Waals surface area (Å²) in [4.78, 5) is 0. The van der Waals surface area contributed by atoms with Crippen molar-refractivity contribution in [2.75, 3.05) is 0 Å². The summed E-state index contributed by atoms with van der Waals surface area (Å²) in [6, 6.07) is 2.17. The quantitative estimate of drug-likeness (QED) is 0.107. The molecule has 0 aromatic heterocycles. The second-order valence-electron chi connectivity index (χ2n) is 10.5. The third-order valence-corrected chi connectivity index (χ3v) is 5.92. The van der Waals surface area contributed by atoms with E-state index < -0.39 is 23.4 Å². The minimum Gasteiger partial charge on any atom is -0.324 e. The molecule has 3 nitrogen and oxygen atoms in total. The van der Waals surface area contributed by atoms with Crippen molar-refractivity contribution in [1.82, 2.24) is 0 Å². The number of rotatable bonds is 19. The number of halogens is 3. The first-order chi connectivity index (χ1) is 16.5. The van der Waals surface area contributed by atoms with Crippen LogP contribution in [0.15, 0.2) is 12.1 Å². The molecule has 1 aromatic rings. The van der Waals surface area contributed by atoms with Gasteiger partial charge in [0.25, 0.3) is 5.97 Å². The van der Waals surface area contributed by atoms with E-state index in [1.807, 2.05) is 41.5 Å². The van der Waals surface area contributed by atoms with Crippen LogP contribution < -0.4 is 0 Å². The third kappa shape index (κ3) is 12.1. The second-order valence-corrected chi connectivity index (χ2v) is 10.5. The molecular weight excluding hydrogens is 453 g/mol. The molecule has 1 atom stereocenters. The molecule has 35 heavy (non-hydrogen) atoms. The van der Waals surface area contributed by atoms with E-state index in [0.717, 1.165) is 50.7 Å². The Hall–Kier alpha value is -1.11. The maximum absolute atomic E-state index is 13.6. The second kappa shape index (κ2) is 16.6. The summed E-state index contributed by atoms with van der Waals surface area (Å²) in [7, 11) is 0. The van der Waals surface area contributed by atoms with Crippen molar-refractivity contribution in [2.45, 2.75) is 143 Å². The van der Waals surface area contributed by atoms with Gasteiger partial charge in [0, 0.05) is 5.92 Å². The molecule has 6 heteroatoms. The van der Waals surface area contributed by atoms with E-state index in [4.69, 9.17) is 14.2 Å². The minimum atomic E-state index is -1.42. The van der Waals surface area contributed by atoms with Crippen LogP contribution in [0.1, 0.15) is 118 Å². The van der Waals surface area contributed by atoms with Gasteiger partial charge in [-0.25, -0.2) is 13.2 Å². The molecule has 0 aliphatic rings. The fourth-order valence-corrected chi connectivity index (χ4v) is 4.50. The van der Waals surface area contributed by atoms with Crippen molar-refractivity contribution in [2.24, 2.45) is 5.92 Å². The summed E-state index contributed by atoms with van der Waals surface area (Å²) < 4.78 is 59.6. The number of benzene rings is 1. The molecule has 0 N–H and O–H groups in total. The van der Waals surface area contributed by atoms with Crippen LogP contribution in [-0.4, -0.2) is 24.3 Å². The predicted octanol–water partition coefficient (Wildman–Crippen LogP) is 9.11. The third-order valence-electron chi connectivity index (χ3n) is 5.92. The maximum Gasteiger partial charge on any atom is 0.286 e. The molecule has 0 heterocycles. The van der Waals surface area contributed by atoms with Crippen molar-refractivity contribution in [1.29, 1.82) is 0 Å². The van der Waals surface area contributed by atoms with Crippen molar-refractivity contribution in [3.05, 3.63) is 35.1 Å². The molecule has 1 aromatic carbocycles. The Morgan fingerprint density at radius 3 is 1.54 bits per heavy atom. The lowest BCUT2D eigenvalue weighted by molar-refractivity contribution is -0.433. The number of hydrogen-bond acceptors (Lipinski definition) is 3. The van der Waals surface area contributed by atoms with E-state index in [2.05, 4.69) is 6.92 Å². The summed E-state index contributed by atoms with van der Waals surface area (Å²) >= 11 is 0. The smallest absolute Gasteiger partial charge is 0.286 e. The average molecular weight is 503 g/mol. The Labute approximate surface area is 212 Å². The Bertz CT molecular complexity index is 657. The first-order valence-electron chi connectivity index (χ1n) is 13.7. The molecule has 0 aliphatic carbocycles. The van der Waals surface area contributed by atoms with Crippen LogP contribution in [0.25, 0.3) is 0 Å². The molecule has 0 amide bonds. The molecule has 0 fully saturated rings. The molecule has 0 saturated heterocycles. The van der Waals surface area contributed by atoms with Gasteiger partial charge >= 0.3 is 0 Å². The zero-order valence-corrected chi connectivity index (χ0v) is 23.1. The number of aryl methyl sites for hydroxylation is 1. The Morgan fingerprint density at radius 1 is 0.657 bits per heavy atom. The fourth-order valence-electron chi connectivity index (χ4n) is 4.50. The molecule has 204 valence electrons. The topological polar surface area (TPSA) is 27.7 Å². The summed E-state index contributed by atoms with van der Waals surface area (Å²) in [5.74, 6) is -4.82. The molecule has 0 bridgehead atoms. The van der Waals surface area contributed by atoms with Crippen molar-refractivity contribution < 1.29 is 27.4 Å². The Balaban J connectivity index is 2.96. The zero-order valence-electron chi connectivity index (χ0n) is 23.1. The highest BCUT2D eigenvalue weighted by Crippen LogP contribution is 2.37. The minimum absolute atomic E-state index is 0.0163. The van der Waals surface area contributed by atoms with E-state index in [0.29, 0.717) is 12.0 Å². The van der Waals surface area contributed by atoms with Gasteiger partial charge in [-0.15, -0.1) is 0 Å². The Morgan fingerprint density at radius 2 is 1.09 bits per heavy atom. The number of ether oxygens (including phenoxy) is 3. The van der Waals surface area contributed by atoms with Crippen molar-refractivity contribution in [3.8, 4) is 0 Å². The van der Waals surface area contributed by atoms with E-state index in [1.165, 1.54) is 25.7 Å². The SMILES string of the molecule is CCCCCCCCC(CCCCc1cc(F)c(F)c(F)c1)C(OC(C)C)(OC(C)C)OC(C)C. The lowest BCUT2D eigenvalue weighted by Crippen LogP contribution is -2.50. The van der Waals surface area contributed by atoms with E-state index in [-0.39, 0.29) is 24.2 Å². The molecule has 0 spiro atoms. The van der Waals surface area contributed by atoms with Crippen LogP contribution in [0.4, 0.5) is 13.2 Å². The predicted molar refractivity (Wildman–Crippen MR) is 137 cm³/mol. The molecule has 1 rings (SSSR count). The lowest BCUT2D eigenvalue weighted by Gasteiger charge is -2.43. The summed E-state index contributed by atoms with van der Waals surface area (Å²) in [5.41, 5.74) is 0.468. The highest BCUT2D eigenvalue weighted by Gasteiger charge is 2.44. The Kier molecular flexibility index (Phi) is 15.1. The van der Waals surface area contributed by atoms with E-state index in [9.17, 15) is 13.2 Å². The standard InChI is InChI=1S/C29H49F3O3/c1-8-9-10-11-12-13-17-25(29(33-21(2)3,34-22(4)5)35-23(6)7)18-15-14-16-24-19-26(30)28(32)27(31)20-24/h19-23,25H,8-18H2,1-7H3. The molecule has 0 radical (unpaired) electrons. The maximum atomic E-state index is 13.6.